The Kier molecular flexibility index (Phi) is 6.92. The van der Waals surface area contributed by atoms with Crippen molar-refractivity contribution in [3.05, 3.63) is 73.8 Å². The van der Waals surface area contributed by atoms with Crippen LogP contribution < -0.4 is 16.6 Å². The summed E-state index contributed by atoms with van der Waals surface area (Å²) >= 11 is 0. The zero-order valence-electron chi connectivity index (χ0n) is 21.2. The maximum absolute atomic E-state index is 13.1. The Morgan fingerprint density at radius 2 is 1.86 bits per heavy atom. The molecule has 0 radical (unpaired) electrons. The molecule has 1 aliphatic heterocycles. The molecule has 0 bridgehead atoms. The summed E-state index contributed by atoms with van der Waals surface area (Å²) in [4.78, 5) is 65.2. The number of hydrogen-bond acceptors (Lipinski definition) is 7. The van der Waals surface area contributed by atoms with Gasteiger partial charge in [0.2, 0.25) is 5.91 Å². The predicted octanol–water partition coefficient (Wildman–Crippen LogP) is 0.802. The number of nitrogens with one attached hydrogen (secondary N) is 2. The molecule has 194 valence electrons. The van der Waals surface area contributed by atoms with Crippen LogP contribution in [0, 0.1) is 6.92 Å². The first-order valence-electron chi connectivity index (χ1n) is 11.9. The number of ketones is 1. The van der Waals surface area contributed by atoms with Crippen molar-refractivity contribution in [3.8, 4) is 5.69 Å². The SMILES string of the molecule is Cc1ccc(C(=O)NCc2cn(C(C)(C)C)c(=O)[nH]c2=O)c(-n2cc(CN3CC(=O)CCC3=O)nn2)c1. The van der Waals surface area contributed by atoms with Crippen LogP contribution in [0.15, 0.2) is 40.2 Å². The maximum atomic E-state index is 13.1. The molecule has 1 aromatic carbocycles. The van der Waals surface area contributed by atoms with Crippen LogP contribution in [0.5, 0.6) is 0 Å². The van der Waals surface area contributed by atoms with Crippen LogP contribution in [0.3, 0.4) is 0 Å². The van der Waals surface area contributed by atoms with E-state index in [0.29, 0.717) is 16.9 Å². The largest absolute Gasteiger partial charge is 0.348 e. The molecule has 1 aliphatic rings. The van der Waals surface area contributed by atoms with Crippen LogP contribution >= 0.6 is 0 Å². The Morgan fingerprint density at radius 1 is 1.11 bits per heavy atom. The second-order valence-electron chi connectivity index (χ2n) is 10.1. The summed E-state index contributed by atoms with van der Waals surface area (Å²) in [5.74, 6) is -0.560. The Balaban J connectivity index is 1.55. The summed E-state index contributed by atoms with van der Waals surface area (Å²) in [5.41, 5.74) is 0.716. The molecule has 37 heavy (non-hydrogen) atoms. The summed E-state index contributed by atoms with van der Waals surface area (Å²) in [7, 11) is 0. The fourth-order valence-electron chi connectivity index (χ4n) is 4.04. The first kappa shape index (κ1) is 25.7. The molecule has 1 fully saturated rings. The monoisotopic (exact) mass is 507 g/mol. The van der Waals surface area contributed by atoms with E-state index in [2.05, 4.69) is 20.6 Å². The molecular weight excluding hydrogens is 478 g/mol. The highest BCUT2D eigenvalue weighted by Gasteiger charge is 2.25. The lowest BCUT2D eigenvalue weighted by atomic mass is 10.1. The fraction of sp³-hybridized carbons (Fsp3) is 0.400. The van der Waals surface area contributed by atoms with Crippen molar-refractivity contribution in [3.63, 3.8) is 0 Å². The lowest BCUT2D eigenvalue weighted by Crippen LogP contribution is -2.40. The molecule has 2 amide bonds. The van der Waals surface area contributed by atoms with E-state index in [1.54, 1.807) is 24.4 Å². The Labute approximate surface area is 212 Å². The van der Waals surface area contributed by atoms with Crippen molar-refractivity contribution in [1.82, 2.24) is 34.8 Å². The second-order valence-corrected chi connectivity index (χ2v) is 10.1. The quantitative estimate of drug-likeness (QED) is 0.501. The molecule has 0 spiro atoms. The lowest BCUT2D eigenvalue weighted by molar-refractivity contribution is -0.140. The van der Waals surface area contributed by atoms with Crippen molar-refractivity contribution in [2.75, 3.05) is 6.54 Å². The number of nitrogens with zero attached hydrogens (tertiary/aromatic N) is 5. The van der Waals surface area contributed by atoms with Gasteiger partial charge >= 0.3 is 5.69 Å². The van der Waals surface area contributed by atoms with Crippen LogP contribution in [-0.4, -0.2) is 53.6 Å². The van der Waals surface area contributed by atoms with E-state index in [4.69, 9.17) is 0 Å². The molecule has 0 saturated carbocycles. The average Bonchev–Trinajstić information content (AvgIpc) is 3.28. The normalized spacial score (nSPS) is 14.2. The van der Waals surface area contributed by atoms with E-state index in [1.165, 1.54) is 20.3 Å². The number of aromatic amines is 1. The Hall–Kier alpha value is -4.35. The van der Waals surface area contributed by atoms with Gasteiger partial charge in [-0.15, -0.1) is 5.10 Å². The Morgan fingerprint density at radius 3 is 2.59 bits per heavy atom. The van der Waals surface area contributed by atoms with Gasteiger partial charge in [-0.3, -0.25) is 28.7 Å². The van der Waals surface area contributed by atoms with Crippen molar-refractivity contribution in [1.29, 1.82) is 0 Å². The number of piperidine rings is 1. The van der Waals surface area contributed by atoms with Gasteiger partial charge in [0.25, 0.3) is 11.5 Å². The number of aryl methyl sites for hydroxylation is 1. The molecule has 3 heterocycles. The zero-order chi connectivity index (χ0) is 26.9. The standard InChI is InChI=1S/C25H29N7O5/c1-15-5-7-19(23(36)26-10-16-11-31(25(2,3)4)24(37)27-22(16)35)20(9-15)32-13-17(28-29-32)12-30-14-18(33)6-8-21(30)34/h5,7,9,11,13H,6,8,10,12,14H2,1-4H3,(H,26,36)(H,27,35,37). The minimum Gasteiger partial charge on any atom is -0.348 e. The van der Waals surface area contributed by atoms with E-state index < -0.39 is 22.7 Å². The minimum absolute atomic E-state index is 0.00128. The summed E-state index contributed by atoms with van der Waals surface area (Å²) in [6.45, 7) is 7.47. The Bertz CT molecular complexity index is 1490. The third kappa shape index (κ3) is 5.74. The molecule has 12 nitrogen and oxygen atoms in total. The van der Waals surface area contributed by atoms with Crippen LogP contribution in [-0.2, 0) is 28.2 Å². The van der Waals surface area contributed by atoms with Gasteiger partial charge in [-0.25, -0.2) is 9.48 Å². The third-order valence-electron chi connectivity index (χ3n) is 6.05. The molecule has 1 saturated heterocycles. The molecule has 4 rings (SSSR count). The van der Waals surface area contributed by atoms with Crippen LogP contribution in [0.25, 0.3) is 5.69 Å². The van der Waals surface area contributed by atoms with Gasteiger partial charge in [-0.05, 0) is 45.4 Å². The molecule has 0 aliphatic carbocycles. The van der Waals surface area contributed by atoms with Crippen molar-refractivity contribution in [2.24, 2.45) is 0 Å². The highest BCUT2D eigenvalue weighted by molar-refractivity contribution is 5.97. The number of Topliss-reactive ketones (excluding diaryl/α,β-unsaturated/α-hetero) is 1. The van der Waals surface area contributed by atoms with E-state index in [1.807, 2.05) is 27.7 Å². The van der Waals surface area contributed by atoms with Crippen LogP contribution in [0.2, 0.25) is 0 Å². The number of likely N-dealkylation sites (tertiary alicyclic amines) is 1. The van der Waals surface area contributed by atoms with Crippen molar-refractivity contribution < 1.29 is 14.4 Å². The number of rotatable bonds is 6. The molecule has 0 unspecified atom stereocenters. The van der Waals surface area contributed by atoms with Gasteiger partial charge in [0.05, 0.1) is 42.6 Å². The number of H-pyrrole nitrogens is 1. The van der Waals surface area contributed by atoms with Crippen LogP contribution in [0.4, 0.5) is 0 Å². The smallest absolute Gasteiger partial charge is 0.328 e. The lowest BCUT2D eigenvalue weighted by Gasteiger charge is -2.24. The summed E-state index contributed by atoms with van der Waals surface area (Å²) in [6, 6.07) is 5.20. The van der Waals surface area contributed by atoms with Crippen molar-refractivity contribution >= 4 is 17.6 Å². The number of amides is 2. The molecular formula is C25H29N7O5. The van der Waals surface area contributed by atoms with Crippen molar-refractivity contribution in [2.45, 2.75) is 59.2 Å². The van der Waals surface area contributed by atoms with Gasteiger partial charge in [0.1, 0.15) is 5.69 Å². The van der Waals surface area contributed by atoms with Gasteiger partial charge < -0.3 is 10.2 Å². The molecule has 2 N–H and O–H groups in total. The number of carbonyl (C=O) groups is 3. The summed E-state index contributed by atoms with van der Waals surface area (Å²) < 4.78 is 2.85. The average molecular weight is 508 g/mol. The number of benzene rings is 1. The van der Waals surface area contributed by atoms with Crippen LogP contribution in [0.1, 0.15) is 60.8 Å². The first-order valence-corrected chi connectivity index (χ1v) is 11.9. The zero-order valence-corrected chi connectivity index (χ0v) is 21.2. The molecule has 3 aromatic rings. The topological polar surface area (TPSA) is 152 Å². The van der Waals surface area contributed by atoms with E-state index >= 15 is 0 Å². The molecule has 12 heteroatoms. The molecule has 2 aromatic heterocycles. The third-order valence-corrected chi connectivity index (χ3v) is 6.05. The maximum Gasteiger partial charge on any atom is 0.328 e. The van der Waals surface area contributed by atoms with E-state index in [-0.39, 0.29) is 49.7 Å². The highest BCUT2D eigenvalue weighted by atomic mass is 16.2. The number of aromatic nitrogens is 5. The van der Waals surface area contributed by atoms with Gasteiger partial charge in [0.15, 0.2) is 5.78 Å². The van der Waals surface area contributed by atoms with E-state index in [9.17, 15) is 24.0 Å². The first-order chi connectivity index (χ1) is 17.4. The number of carbonyl (C=O) groups excluding carboxylic acids is 3. The summed E-state index contributed by atoms with van der Waals surface area (Å²) in [6.07, 6.45) is 3.51. The van der Waals surface area contributed by atoms with Gasteiger partial charge in [-0.2, -0.15) is 0 Å². The predicted molar refractivity (Wildman–Crippen MR) is 133 cm³/mol. The highest BCUT2D eigenvalue weighted by Crippen LogP contribution is 2.18. The second kappa shape index (κ2) is 9.96. The fourth-order valence-corrected chi connectivity index (χ4v) is 4.04. The van der Waals surface area contributed by atoms with Gasteiger partial charge in [-0.1, -0.05) is 11.3 Å². The minimum atomic E-state index is -0.568. The summed E-state index contributed by atoms with van der Waals surface area (Å²) in [5, 5.41) is 11.0. The molecule has 0 atom stereocenters. The number of hydrogen-bond donors (Lipinski definition) is 2. The van der Waals surface area contributed by atoms with E-state index in [0.717, 1.165) is 5.56 Å². The van der Waals surface area contributed by atoms with Gasteiger partial charge in [0, 0.05) is 24.6 Å².